The molecule has 1 amide bonds. The fraction of sp³-hybridized carbons (Fsp3) is 0.562. The Morgan fingerprint density at radius 1 is 1.25 bits per heavy atom. The minimum atomic E-state index is -0.157. The van der Waals surface area contributed by atoms with E-state index in [1.165, 1.54) is 6.07 Å². The van der Waals surface area contributed by atoms with Crippen LogP contribution in [0.4, 0.5) is 4.39 Å². The summed E-state index contributed by atoms with van der Waals surface area (Å²) in [6, 6.07) is 7.79. The van der Waals surface area contributed by atoms with E-state index in [4.69, 9.17) is 0 Å². The van der Waals surface area contributed by atoms with Crippen molar-refractivity contribution >= 4 is 5.91 Å². The lowest BCUT2D eigenvalue weighted by Crippen LogP contribution is -2.41. The molecule has 2 saturated carbocycles. The smallest absolute Gasteiger partial charge is 0.221 e. The summed E-state index contributed by atoms with van der Waals surface area (Å²) in [6.45, 7) is 0.735. The molecule has 2 N–H and O–H groups in total. The second-order valence-corrected chi connectivity index (χ2v) is 5.97. The highest BCUT2D eigenvalue weighted by atomic mass is 19.1. The molecular formula is C16H21FN2O. The Bertz CT molecular complexity index is 481. The lowest BCUT2D eigenvalue weighted by Gasteiger charge is -2.36. The van der Waals surface area contributed by atoms with Crippen LogP contribution in [-0.2, 0) is 4.79 Å². The van der Waals surface area contributed by atoms with E-state index < -0.39 is 0 Å². The van der Waals surface area contributed by atoms with Crippen molar-refractivity contribution in [2.75, 3.05) is 6.54 Å². The van der Waals surface area contributed by atoms with Crippen molar-refractivity contribution < 1.29 is 9.18 Å². The topological polar surface area (TPSA) is 41.1 Å². The van der Waals surface area contributed by atoms with Crippen molar-refractivity contribution in [2.45, 2.75) is 50.1 Å². The fourth-order valence-electron chi connectivity index (χ4n) is 2.73. The first kappa shape index (κ1) is 13.6. The van der Waals surface area contributed by atoms with E-state index in [0.717, 1.165) is 37.8 Å². The lowest BCUT2D eigenvalue weighted by atomic mass is 9.76. The quantitative estimate of drug-likeness (QED) is 0.837. The van der Waals surface area contributed by atoms with Crippen LogP contribution in [0.2, 0.25) is 0 Å². The molecule has 2 fully saturated rings. The predicted molar refractivity (Wildman–Crippen MR) is 75.9 cm³/mol. The molecule has 3 rings (SSSR count). The van der Waals surface area contributed by atoms with E-state index in [0.29, 0.717) is 24.4 Å². The SMILES string of the molecule is O=C(CCNC1CC(c2cccc(F)c2)C1)NC1CC1. The van der Waals surface area contributed by atoms with Crippen LogP contribution in [0.15, 0.2) is 24.3 Å². The van der Waals surface area contributed by atoms with Crippen LogP contribution in [0.5, 0.6) is 0 Å². The van der Waals surface area contributed by atoms with E-state index in [1.807, 2.05) is 6.07 Å². The van der Waals surface area contributed by atoms with Gasteiger partial charge in [-0.1, -0.05) is 12.1 Å². The molecule has 1 aromatic rings. The third-order valence-electron chi connectivity index (χ3n) is 4.19. The molecule has 0 saturated heterocycles. The van der Waals surface area contributed by atoms with Gasteiger partial charge in [0.05, 0.1) is 0 Å². The summed E-state index contributed by atoms with van der Waals surface area (Å²) in [5.41, 5.74) is 1.09. The van der Waals surface area contributed by atoms with Crippen molar-refractivity contribution in [3.8, 4) is 0 Å². The second kappa shape index (κ2) is 5.92. The summed E-state index contributed by atoms with van der Waals surface area (Å²) in [5, 5.41) is 6.39. The highest BCUT2D eigenvalue weighted by molar-refractivity contribution is 5.76. The third kappa shape index (κ3) is 3.57. The molecule has 0 aromatic heterocycles. The van der Waals surface area contributed by atoms with Gasteiger partial charge in [-0.05, 0) is 49.3 Å². The number of amides is 1. The summed E-state index contributed by atoms with van der Waals surface area (Å²) < 4.78 is 13.1. The maximum atomic E-state index is 13.1. The Balaban J connectivity index is 1.33. The minimum Gasteiger partial charge on any atom is -0.353 e. The zero-order chi connectivity index (χ0) is 13.9. The van der Waals surface area contributed by atoms with Crippen LogP contribution in [0.1, 0.15) is 43.6 Å². The van der Waals surface area contributed by atoms with Gasteiger partial charge in [0.15, 0.2) is 0 Å². The molecule has 0 spiro atoms. The molecule has 20 heavy (non-hydrogen) atoms. The molecule has 2 aliphatic rings. The highest BCUT2D eigenvalue weighted by Gasteiger charge is 2.30. The zero-order valence-corrected chi connectivity index (χ0v) is 11.6. The molecule has 0 heterocycles. The Labute approximate surface area is 118 Å². The zero-order valence-electron chi connectivity index (χ0n) is 11.6. The van der Waals surface area contributed by atoms with E-state index in [-0.39, 0.29) is 11.7 Å². The summed E-state index contributed by atoms with van der Waals surface area (Å²) in [4.78, 5) is 11.5. The Hall–Kier alpha value is -1.42. The molecule has 108 valence electrons. The van der Waals surface area contributed by atoms with E-state index in [9.17, 15) is 9.18 Å². The molecule has 0 atom stereocenters. The van der Waals surface area contributed by atoms with Crippen LogP contribution in [0.25, 0.3) is 0 Å². The molecule has 4 heteroatoms. The number of halogens is 1. The standard InChI is InChI=1S/C16H21FN2O/c17-13-3-1-2-11(8-13)12-9-15(10-12)18-7-6-16(20)19-14-4-5-14/h1-3,8,12,14-15,18H,4-7,9-10H2,(H,19,20). The predicted octanol–water partition coefficient (Wildman–Crippen LogP) is 2.33. The lowest BCUT2D eigenvalue weighted by molar-refractivity contribution is -0.121. The van der Waals surface area contributed by atoms with Gasteiger partial charge >= 0.3 is 0 Å². The van der Waals surface area contributed by atoms with Gasteiger partial charge in [0, 0.05) is 25.0 Å². The number of benzene rings is 1. The van der Waals surface area contributed by atoms with Gasteiger partial charge in [0.1, 0.15) is 5.82 Å². The van der Waals surface area contributed by atoms with Gasteiger partial charge in [-0.15, -0.1) is 0 Å². The van der Waals surface area contributed by atoms with Crippen molar-refractivity contribution in [3.05, 3.63) is 35.6 Å². The van der Waals surface area contributed by atoms with Gasteiger partial charge in [-0.25, -0.2) is 4.39 Å². The van der Waals surface area contributed by atoms with Crippen molar-refractivity contribution in [1.82, 2.24) is 10.6 Å². The van der Waals surface area contributed by atoms with E-state index in [1.54, 1.807) is 12.1 Å². The third-order valence-corrected chi connectivity index (χ3v) is 4.19. The number of carbonyl (C=O) groups excluding carboxylic acids is 1. The van der Waals surface area contributed by atoms with Crippen LogP contribution < -0.4 is 10.6 Å². The van der Waals surface area contributed by atoms with Crippen molar-refractivity contribution in [1.29, 1.82) is 0 Å². The van der Waals surface area contributed by atoms with Gasteiger partial charge in [-0.2, -0.15) is 0 Å². The maximum Gasteiger partial charge on any atom is 0.221 e. The van der Waals surface area contributed by atoms with Crippen LogP contribution in [0, 0.1) is 5.82 Å². The molecule has 0 bridgehead atoms. The second-order valence-electron chi connectivity index (χ2n) is 5.97. The summed E-state index contributed by atoms with van der Waals surface area (Å²) in [7, 11) is 0. The van der Waals surface area contributed by atoms with Crippen LogP contribution in [-0.4, -0.2) is 24.5 Å². The monoisotopic (exact) mass is 276 g/mol. The number of rotatable bonds is 6. The number of nitrogens with one attached hydrogen (secondary N) is 2. The number of hydrogen-bond acceptors (Lipinski definition) is 2. The van der Waals surface area contributed by atoms with Gasteiger partial charge in [0.25, 0.3) is 0 Å². The first-order valence-corrected chi connectivity index (χ1v) is 7.49. The van der Waals surface area contributed by atoms with Crippen LogP contribution in [0.3, 0.4) is 0 Å². The van der Waals surface area contributed by atoms with E-state index in [2.05, 4.69) is 10.6 Å². The first-order chi connectivity index (χ1) is 9.70. The Morgan fingerprint density at radius 2 is 2.05 bits per heavy atom. The minimum absolute atomic E-state index is 0.154. The Kier molecular flexibility index (Phi) is 4.01. The largest absolute Gasteiger partial charge is 0.353 e. The molecular weight excluding hydrogens is 255 g/mol. The summed E-state index contributed by atoms with van der Waals surface area (Å²) >= 11 is 0. The van der Waals surface area contributed by atoms with Gasteiger partial charge in [0.2, 0.25) is 5.91 Å². The maximum absolute atomic E-state index is 13.1. The van der Waals surface area contributed by atoms with Crippen molar-refractivity contribution in [2.24, 2.45) is 0 Å². The Morgan fingerprint density at radius 3 is 2.75 bits per heavy atom. The molecule has 0 unspecified atom stereocenters. The average Bonchev–Trinajstić information content (AvgIpc) is 3.16. The molecule has 3 nitrogen and oxygen atoms in total. The van der Waals surface area contributed by atoms with Crippen molar-refractivity contribution in [3.63, 3.8) is 0 Å². The van der Waals surface area contributed by atoms with Gasteiger partial charge in [-0.3, -0.25) is 4.79 Å². The molecule has 0 radical (unpaired) electrons. The number of carbonyl (C=O) groups is 1. The van der Waals surface area contributed by atoms with Crippen LogP contribution >= 0.6 is 0 Å². The van der Waals surface area contributed by atoms with Gasteiger partial charge < -0.3 is 10.6 Å². The average molecular weight is 276 g/mol. The van der Waals surface area contributed by atoms with E-state index >= 15 is 0 Å². The molecule has 1 aromatic carbocycles. The fourth-order valence-corrected chi connectivity index (χ4v) is 2.73. The molecule has 0 aliphatic heterocycles. The summed E-state index contributed by atoms with van der Waals surface area (Å²) in [6.07, 6.45) is 4.90. The molecule has 2 aliphatic carbocycles. The summed E-state index contributed by atoms with van der Waals surface area (Å²) in [5.74, 6) is 0.458. The first-order valence-electron chi connectivity index (χ1n) is 7.49. The highest BCUT2D eigenvalue weighted by Crippen LogP contribution is 2.36. The normalized spacial score (nSPS) is 25.1. The number of hydrogen-bond donors (Lipinski definition) is 2.